The Morgan fingerprint density at radius 1 is 1.17 bits per heavy atom. The highest BCUT2D eigenvalue weighted by Gasteiger charge is 2.36. The molecule has 2 saturated carbocycles. The monoisotopic (exact) mass is 327 g/mol. The van der Waals surface area contributed by atoms with Gasteiger partial charge in [-0.3, -0.25) is 4.79 Å². The molecule has 0 radical (unpaired) electrons. The summed E-state index contributed by atoms with van der Waals surface area (Å²) in [5.41, 5.74) is 0.770. The van der Waals surface area contributed by atoms with E-state index < -0.39 is 0 Å². The molecule has 1 atom stereocenters. The number of amides is 1. The summed E-state index contributed by atoms with van der Waals surface area (Å²) in [5.74, 6) is 3.10. The molecule has 2 aromatic heterocycles. The van der Waals surface area contributed by atoms with E-state index in [1.807, 2.05) is 21.5 Å². The van der Waals surface area contributed by atoms with E-state index in [2.05, 4.69) is 15.3 Å². The molecule has 0 bridgehead atoms. The minimum Gasteiger partial charge on any atom is -0.476 e. The van der Waals surface area contributed by atoms with E-state index in [4.69, 9.17) is 4.74 Å². The Morgan fingerprint density at radius 3 is 2.83 bits per heavy atom. The van der Waals surface area contributed by atoms with E-state index in [1.165, 1.54) is 12.8 Å². The van der Waals surface area contributed by atoms with Crippen molar-refractivity contribution in [2.75, 3.05) is 19.7 Å². The third-order valence-electron chi connectivity index (χ3n) is 5.20. The van der Waals surface area contributed by atoms with Crippen LogP contribution in [0, 0.1) is 11.8 Å². The van der Waals surface area contributed by atoms with Crippen LogP contribution in [0.4, 0.5) is 0 Å². The zero-order valence-corrected chi connectivity index (χ0v) is 13.6. The second-order valence-electron chi connectivity index (χ2n) is 7.30. The molecule has 1 unspecified atom stereocenters. The number of carbonyl (C=O) groups is 1. The van der Waals surface area contributed by atoms with Gasteiger partial charge in [0.05, 0.1) is 6.61 Å². The summed E-state index contributed by atoms with van der Waals surface area (Å²) in [6, 6.07) is 3.75. The van der Waals surface area contributed by atoms with Crippen LogP contribution in [0.2, 0.25) is 0 Å². The molecule has 24 heavy (non-hydrogen) atoms. The normalized spacial score (nSPS) is 23.8. The Bertz CT molecular complexity index is 780. The number of nitrogens with zero attached hydrogens (tertiary/aromatic N) is 5. The molecular weight excluding hydrogens is 306 g/mol. The number of ether oxygens (including phenoxy) is 1. The lowest BCUT2D eigenvalue weighted by molar-refractivity contribution is -0.131. The van der Waals surface area contributed by atoms with Gasteiger partial charge < -0.3 is 9.64 Å². The summed E-state index contributed by atoms with van der Waals surface area (Å²) in [7, 11) is 0. The van der Waals surface area contributed by atoms with Crippen molar-refractivity contribution in [2.24, 2.45) is 11.8 Å². The molecule has 3 fully saturated rings. The Labute approximate surface area is 140 Å². The molecule has 0 spiro atoms. The molecule has 3 heterocycles. The van der Waals surface area contributed by atoms with Crippen LogP contribution in [0.1, 0.15) is 43.8 Å². The quantitative estimate of drug-likeness (QED) is 0.835. The Kier molecular flexibility index (Phi) is 3.21. The lowest BCUT2D eigenvalue weighted by Gasteiger charge is -2.16. The van der Waals surface area contributed by atoms with Crippen LogP contribution < -0.4 is 4.74 Å². The lowest BCUT2D eigenvalue weighted by Crippen LogP contribution is -2.30. The molecule has 0 N–H and O–H groups in total. The maximum Gasteiger partial charge on any atom is 0.231 e. The van der Waals surface area contributed by atoms with E-state index >= 15 is 0 Å². The molecule has 7 nitrogen and oxygen atoms in total. The molecule has 1 aliphatic heterocycles. The molecule has 0 aromatic carbocycles. The molecule has 5 rings (SSSR count). The average molecular weight is 327 g/mol. The van der Waals surface area contributed by atoms with Crippen LogP contribution in [0.15, 0.2) is 12.1 Å². The summed E-state index contributed by atoms with van der Waals surface area (Å²) < 4.78 is 7.71. The fourth-order valence-corrected chi connectivity index (χ4v) is 3.42. The topological polar surface area (TPSA) is 72.6 Å². The maximum atomic E-state index is 12.1. The van der Waals surface area contributed by atoms with Crippen molar-refractivity contribution < 1.29 is 9.53 Å². The number of hydrogen-bond donors (Lipinski definition) is 0. The van der Waals surface area contributed by atoms with Crippen molar-refractivity contribution >= 4 is 11.6 Å². The first-order valence-electron chi connectivity index (χ1n) is 8.92. The minimum absolute atomic E-state index is 0.309. The molecule has 126 valence electrons. The maximum absolute atomic E-state index is 12.1. The standard InChI is InChI=1S/C17H21N5O2/c23-17(13-3-4-13)21-8-7-11(9-21)10-24-15-6-5-14-18-19-16(12-1-2-12)22(14)20-15/h5-6,11-13H,1-4,7-10H2. The number of hydrogen-bond acceptors (Lipinski definition) is 5. The first-order chi connectivity index (χ1) is 11.8. The smallest absolute Gasteiger partial charge is 0.231 e. The predicted octanol–water partition coefficient (Wildman–Crippen LogP) is 1.64. The van der Waals surface area contributed by atoms with Gasteiger partial charge in [-0.1, -0.05) is 0 Å². The van der Waals surface area contributed by atoms with Gasteiger partial charge in [-0.15, -0.1) is 15.3 Å². The van der Waals surface area contributed by atoms with Gasteiger partial charge in [0, 0.05) is 36.9 Å². The molecule has 2 aromatic rings. The van der Waals surface area contributed by atoms with Gasteiger partial charge in [0.1, 0.15) is 0 Å². The van der Waals surface area contributed by atoms with E-state index in [-0.39, 0.29) is 0 Å². The highest BCUT2D eigenvalue weighted by atomic mass is 16.5. The molecule has 2 aliphatic carbocycles. The van der Waals surface area contributed by atoms with Crippen LogP contribution in [0.5, 0.6) is 5.88 Å². The van der Waals surface area contributed by atoms with Crippen molar-refractivity contribution in [3.63, 3.8) is 0 Å². The zero-order chi connectivity index (χ0) is 16.1. The summed E-state index contributed by atoms with van der Waals surface area (Å²) >= 11 is 0. The number of carbonyl (C=O) groups excluding carboxylic acids is 1. The van der Waals surface area contributed by atoms with Gasteiger partial charge in [-0.2, -0.15) is 4.52 Å². The minimum atomic E-state index is 0.309. The third kappa shape index (κ3) is 2.61. The summed E-state index contributed by atoms with van der Waals surface area (Å²) in [6.45, 7) is 2.29. The second kappa shape index (κ2) is 5.43. The van der Waals surface area contributed by atoms with E-state index in [1.54, 1.807) is 0 Å². The van der Waals surface area contributed by atoms with E-state index in [0.29, 0.717) is 36.1 Å². The van der Waals surface area contributed by atoms with Gasteiger partial charge in [0.2, 0.25) is 11.8 Å². The van der Waals surface area contributed by atoms with Gasteiger partial charge in [0.15, 0.2) is 11.5 Å². The summed E-state index contributed by atoms with van der Waals surface area (Å²) in [5, 5.41) is 12.9. The fraction of sp³-hybridized carbons (Fsp3) is 0.647. The first kappa shape index (κ1) is 14.2. The van der Waals surface area contributed by atoms with E-state index in [0.717, 1.165) is 43.8 Å². The largest absolute Gasteiger partial charge is 0.476 e. The Morgan fingerprint density at radius 2 is 2.04 bits per heavy atom. The van der Waals surface area contributed by atoms with Gasteiger partial charge in [-0.25, -0.2) is 0 Å². The van der Waals surface area contributed by atoms with Crippen molar-refractivity contribution in [1.82, 2.24) is 24.7 Å². The van der Waals surface area contributed by atoms with Crippen LogP contribution in [-0.2, 0) is 4.79 Å². The lowest BCUT2D eigenvalue weighted by atomic mass is 10.1. The SMILES string of the molecule is O=C(C1CC1)N1CCC(COc2ccc3nnc(C4CC4)n3n2)C1. The highest BCUT2D eigenvalue weighted by Crippen LogP contribution is 2.38. The highest BCUT2D eigenvalue weighted by molar-refractivity contribution is 5.81. The van der Waals surface area contributed by atoms with Crippen molar-refractivity contribution in [1.29, 1.82) is 0 Å². The predicted molar refractivity (Wildman–Crippen MR) is 85.7 cm³/mol. The van der Waals surface area contributed by atoms with Crippen LogP contribution >= 0.6 is 0 Å². The second-order valence-corrected chi connectivity index (χ2v) is 7.30. The van der Waals surface area contributed by atoms with Crippen LogP contribution in [0.3, 0.4) is 0 Å². The summed E-state index contributed by atoms with van der Waals surface area (Å²) in [6.07, 6.45) is 5.49. The third-order valence-corrected chi connectivity index (χ3v) is 5.20. The van der Waals surface area contributed by atoms with E-state index in [9.17, 15) is 4.79 Å². The molecular formula is C17H21N5O2. The zero-order valence-electron chi connectivity index (χ0n) is 13.6. The van der Waals surface area contributed by atoms with Crippen molar-refractivity contribution in [2.45, 2.75) is 38.0 Å². The van der Waals surface area contributed by atoms with Gasteiger partial charge >= 0.3 is 0 Å². The molecule has 1 amide bonds. The van der Waals surface area contributed by atoms with Gasteiger partial charge in [0.25, 0.3) is 0 Å². The number of aromatic nitrogens is 4. The number of fused-ring (bicyclic) bond motifs is 1. The van der Waals surface area contributed by atoms with Gasteiger partial charge in [-0.05, 0) is 38.2 Å². The average Bonchev–Trinajstić information content (AvgIpc) is 3.53. The molecule has 3 aliphatic rings. The van der Waals surface area contributed by atoms with Crippen LogP contribution in [-0.4, -0.2) is 50.3 Å². The molecule has 1 saturated heterocycles. The van der Waals surface area contributed by atoms with Crippen molar-refractivity contribution in [3.8, 4) is 5.88 Å². The Hall–Kier alpha value is -2.18. The van der Waals surface area contributed by atoms with Crippen molar-refractivity contribution in [3.05, 3.63) is 18.0 Å². The Balaban J connectivity index is 1.23. The number of likely N-dealkylation sites (tertiary alicyclic amines) is 1. The fourth-order valence-electron chi connectivity index (χ4n) is 3.42. The molecule has 7 heteroatoms. The number of rotatable bonds is 5. The summed E-state index contributed by atoms with van der Waals surface area (Å²) in [4.78, 5) is 14.1. The first-order valence-corrected chi connectivity index (χ1v) is 8.92. The van der Waals surface area contributed by atoms with Crippen LogP contribution in [0.25, 0.3) is 5.65 Å².